The number of rotatable bonds is 8. The van der Waals surface area contributed by atoms with Crippen molar-refractivity contribution in [3.8, 4) is 0 Å². The molecule has 0 radical (unpaired) electrons. The van der Waals surface area contributed by atoms with E-state index in [1.165, 1.54) is 6.07 Å². The Hall–Kier alpha value is -3.42. The standard InChI is InChI=1S/C28H30FN3O3/c29-25-17-24(11-12-26(25)30-13-15-34-16-14-30)20-32-21-27(35-28(32)33)31(18-22-7-3-1-4-8-22)19-23-9-5-2-6-10-23/h1-12,17,27H,13-16,18-21H2. The Morgan fingerprint density at radius 3 is 2.09 bits per heavy atom. The third-order valence-electron chi connectivity index (χ3n) is 6.47. The van der Waals surface area contributed by atoms with Gasteiger partial charge in [0.15, 0.2) is 6.23 Å². The Bertz CT molecular complexity index is 1080. The van der Waals surface area contributed by atoms with Crippen LogP contribution in [0.4, 0.5) is 14.9 Å². The van der Waals surface area contributed by atoms with E-state index in [-0.39, 0.29) is 18.1 Å². The van der Waals surface area contributed by atoms with Crippen molar-refractivity contribution in [1.82, 2.24) is 9.80 Å². The fourth-order valence-electron chi connectivity index (χ4n) is 4.64. The first-order chi connectivity index (χ1) is 17.2. The quantitative estimate of drug-likeness (QED) is 0.475. The number of cyclic esters (lactones) is 1. The highest BCUT2D eigenvalue weighted by Gasteiger charge is 2.35. The van der Waals surface area contributed by atoms with Crippen molar-refractivity contribution in [2.24, 2.45) is 0 Å². The maximum absolute atomic E-state index is 14.9. The minimum Gasteiger partial charge on any atom is -0.428 e. The highest BCUT2D eigenvalue weighted by atomic mass is 19.1. The van der Waals surface area contributed by atoms with E-state index in [1.54, 1.807) is 11.0 Å². The summed E-state index contributed by atoms with van der Waals surface area (Å²) in [5, 5.41) is 0. The first-order valence-electron chi connectivity index (χ1n) is 12.0. The summed E-state index contributed by atoms with van der Waals surface area (Å²) in [6, 6.07) is 25.5. The molecule has 2 aliphatic heterocycles. The summed E-state index contributed by atoms with van der Waals surface area (Å²) in [5.74, 6) is -0.275. The number of nitrogens with zero attached hydrogens (tertiary/aromatic N) is 3. The molecule has 3 aromatic carbocycles. The molecular weight excluding hydrogens is 445 g/mol. The van der Waals surface area contributed by atoms with E-state index < -0.39 is 0 Å². The number of hydrogen-bond donors (Lipinski definition) is 0. The molecule has 0 N–H and O–H groups in total. The molecule has 3 aromatic rings. The van der Waals surface area contributed by atoms with Crippen molar-refractivity contribution < 1.29 is 18.7 Å². The lowest BCUT2D eigenvalue weighted by atomic mass is 10.1. The number of anilines is 1. The molecule has 6 nitrogen and oxygen atoms in total. The SMILES string of the molecule is O=C1OC(N(Cc2ccccc2)Cc2ccccc2)CN1Cc1ccc(N2CCOCC2)c(F)c1. The number of carbonyl (C=O) groups excluding carboxylic acids is 1. The van der Waals surface area contributed by atoms with E-state index >= 15 is 0 Å². The molecule has 0 spiro atoms. The zero-order valence-corrected chi connectivity index (χ0v) is 19.7. The Morgan fingerprint density at radius 2 is 1.49 bits per heavy atom. The van der Waals surface area contributed by atoms with E-state index in [0.717, 1.165) is 16.7 Å². The van der Waals surface area contributed by atoms with Crippen molar-refractivity contribution >= 4 is 11.8 Å². The van der Waals surface area contributed by atoms with Crippen LogP contribution in [0, 0.1) is 5.82 Å². The van der Waals surface area contributed by atoms with Gasteiger partial charge >= 0.3 is 6.09 Å². The molecule has 182 valence electrons. The molecule has 2 fully saturated rings. The molecule has 0 saturated carbocycles. The van der Waals surface area contributed by atoms with Crippen LogP contribution < -0.4 is 4.90 Å². The van der Waals surface area contributed by atoms with Gasteiger partial charge in [-0.05, 0) is 28.8 Å². The number of carbonyl (C=O) groups is 1. The third-order valence-corrected chi connectivity index (χ3v) is 6.47. The predicted molar refractivity (Wildman–Crippen MR) is 132 cm³/mol. The smallest absolute Gasteiger partial charge is 0.411 e. The second-order valence-electron chi connectivity index (χ2n) is 8.98. The monoisotopic (exact) mass is 475 g/mol. The van der Waals surface area contributed by atoms with E-state index in [0.29, 0.717) is 58.2 Å². The molecule has 0 aromatic heterocycles. The highest BCUT2D eigenvalue weighted by Crippen LogP contribution is 2.25. The molecule has 5 rings (SSSR count). The van der Waals surface area contributed by atoms with Crippen LogP contribution in [0.2, 0.25) is 0 Å². The van der Waals surface area contributed by atoms with Crippen LogP contribution in [0.3, 0.4) is 0 Å². The Labute approximate surface area is 205 Å². The summed E-state index contributed by atoms with van der Waals surface area (Å²) in [6.45, 7) is 4.60. The van der Waals surface area contributed by atoms with Crippen molar-refractivity contribution in [1.29, 1.82) is 0 Å². The zero-order chi connectivity index (χ0) is 24.0. The van der Waals surface area contributed by atoms with Gasteiger partial charge in [0.2, 0.25) is 0 Å². The van der Waals surface area contributed by atoms with E-state index in [2.05, 4.69) is 29.2 Å². The van der Waals surface area contributed by atoms with Gasteiger partial charge in [-0.15, -0.1) is 0 Å². The van der Waals surface area contributed by atoms with Gasteiger partial charge in [-0.25, -0.2) is 9.18 Å². The summed E-state index contributed by atoms with van der Waals surface area (Å²) in [5.41, 5.74) is 3.63. The predicted octanol–water partition coefficient (Wildman–Crippen LogP) is 4.64. The fraction of sp³-hybridized carbons (Fsp3) is 0.321. The number of halogens is 1. The van der Waals surface area contributed by atoms with Gasteiger partial charge in [0.1, 0.15) is 5.82 Å². The summed E-state index contributed by atoms with van der Waals surface area (Å²) in [6.07, 6.45) is -0.765. The van der Waals surface area contributed by atoms with E-state index in [1.807, 2.05) is 47.4 Å². The van der Waals surface area contributed by atoms with E-state index in [9.17, 15) is 9.18 Å². The lowest BCUT2D eigenvalue weighted by Gasteiger charge is -2.29. The second-order valence-corrected chi connectivity index (χ2v) is 8.98. The lowest BCUT2D eigenvalue weighted by Crippen LogP contribution is -2.37. The molecule has 2 aliphatic rings. The number of hydrogen-bond acceptors (Lipinski definition) is 5. The minimum atomic E-state index is -0.389. The van der Waals surface area contributed by atoms with Gasteiger partial charge in [-0.1, -0.05) is 66.7 Å². The van der Waals surface area contributed by atoms with Crippen LogP contribution in [0.5, 0.6) is 0 Å². The van der Waals surface area contributed by atoms with Gasteiger partial charge in [0, 0.05) is 32.7 Å². The molecule has 1 amide bonds. The zero-order valence-electron chi connectivity index (χ0n) is 19.7. The normalized spacial score (nSPS) is 18.2. The number of ether oxygens (including phenoxy) is 2. The molecule has 2 saturated heterocycles. The van der Waals surface area contributed by atoms with Crippen molar-refractivity contribution in [3.63, 3.8) is 0 Å². The average Bonchev–Trinajstić information content (AvgIpc) is 3.25. The summed E-state index contributed by atoms with van der Waals surface area (Å²) in [7, 11) is 0. The van der Waals surface area contributed by atoms with Crippen LogP contribution in [0.1, 0.15) is 16.7 Å². The molecular formula is C28H30FN3O3. The minimum absolute atomic E-state index is 0.275. The Kier molecular flexibility index (Phi) is 7.25. The van der Waals surface area contributed by atoms with Crippen molar-refractivity contribution in [3.05, 3.63) is 101 Å². The molecule has 0 aliphatic carbocycles. The van der Waals surface area contributed by atoms with Crippen LogP contribution in [0.25, 0.3) is 0 Å². The molecule has 2 heterocycles. The largest absolute Gasteiger partial charge is 0.428 e. The first kappa shape index (κ1) is 23.3. The number of amides is 1. The Morgan fingerprint density at radius 1 is 0.857 bits per heavy atom. The summed E-state index contributed by atoms with van der Waals surface area (Å²) in [4.78, 5) is 18.6. The lowest BCUT2D eigenvalue weighted by molar-refractivity contribution is 0.0109. The van der Waals surface area contributed by atoms with Gasteiger partial charge in [-0.2, -0.15) is 0 Å². The van der Waals surface area contributed by atoms with Crippen LogP contribution in [-0.2, 0) is 29.1 Å². The highest BCUT2D eigenvalue weighted by molar-refractivity contribution is 5.70. The maximum Gasteiger partial charge on any atom is 0.411 e. The third kappa shape index (κ3) is 5.81. The van der Waals surface area contributed by atoms with Crippen LogP contribution in [0.15, 0.2) is 78.9 Å². The Balaban J connectivity index is 1.28. The van der Waals surface area contributed by atoms with Crippen molar-refractivity contribution in [2.45, 2.75) is 25.9 Å². The van der Waals surface area contributed by atoms with Crippen LogP contribution >= 0.6 is 0 Å². The van der Waals surface area contributed by atoms with Gasteiger partial charge in [-0.3, -0.25) is 9.80 Å². The summed E-state index contributed by atoms with van der Waals surface area (Å²) >= 11 is 0. The van der Waals surface area contributed by atoms with Gasteiger partial charge in [0.05, 0.1) is 25.4 Å². The fourth-order valence-corrected chi connectivity index (χ4v) is 4.64. The molecule has 1 atom stereocenters. The molecule has 35 heavy (non-hydrogen) atoms. The summed E-state index contributed by atoms with van der Waals surface area (Å²) < 4.78 is 26.0. The molecule has 0 bridgehead atoms. The average molecular weight is 476 g/mol. The number of morpholine rings is 1. The topological polar surface area (TPSA) is 45.2 Å². The van der Waals surface area contributed by atoms with Crippen LogP contribution in [-0.4, -0.2) is 55.0 Å². The van der Waals surface area contributed by atoms with Gasteiger partial charge in [0.25, 0.3) is 0 Å². The maximum atomic E-state index is 14.9. The molecule has 1 unspecified atom stereocenters. The second kappa shape index (κ2) is 10.9. The van der Waals surface area contributed by atoms with Gasteiger partial charge < -0.3 is 14.4 Å². The number of benzene rings is 3. The first-order valence-corrected chi connectivity index (χ1v) is 12.0. The molecule has 7 heteroatoms. The van der Waals surface area contributed by atoms with E-state index in [4.69, 9.17) is 9.47 Å². The van der Waals surface area contributed by atoms with Crippen molar-refractivity contribution in [2.75, 3.05) is 37.7 Å².